The van der Waals surface area contributed by atoms with Crippen molar-refractivity contribution in [2.45, 2.75) is 12.8 Å². The zero-order valence-corrected chi connectivity index (χ0v) is 26.1. The Balaban J connectivity index is 1.68. The van der Waals surface area contributed by atoms with E-state index in [4.69, 9.17) is 18.9 Å². The number of rotatable bonds is 5. The lowest BCUT2D eigenvalue weighted by molar-refractivity contribution is 0.358. The molecule has 0 radical (unpaired) electrons. The van der Waals surface area contributed by atoms with Gasteiger partial charge < -0.3 is 28.7 Å². The minimum Gasteiger partial charge on any atom is -0.493 e. The van der Waals surface area contributed by atoms with E-state index >= 15 is 0 Å². The van der Waals surface area contributed by atoms with Gasteiger partial charge in [-0.1, -0.05) is 48.5 Å². The van der Waals surface area contributed by atoms with Crippen molar-refractivity contribution in [3.05, 3.63) is 71.8 Å². The fraction of sp³-hybridized carbons (Fsp3) is 0.263. The third-order valence-electron chi connectivity index (χ3n) is 9.83. The Hall–Kier alpha value is -4.84. The number of hydrogen-bond donors (Lipinski definition) is 0. The summed E-state index contributed by atoms with van der Waals surface area (Å²) >= 11 is 0. The highest BCUT2D eigenvalue weighted by Gasteiger charge is 2.33. The second-order valence-electron chi connectivity index (χ2n) is 11.9. The van der Waals surface area contributed by atoms with Gasteiger partial charge in [-0.15, -0.1) is 0 Å². The number of hydrogen-bond acceptors (Lipinski definition) is 6. The smallest absolute Gasteiger partial charge is 0.169 e. The second kappa shape index (κ2) is 9.84. The van der Waals surface area contributed by atoms with Gasteiger partial charge in [0, 0.05) is 59.9 Å². The maximum Gasteiger partial charge on any atom is 0.169 e. The molecule has 0 aliphatic carbocycles. The number of ether oxygens (including phenoxy) is 4. The first kappa shape index (κ1) is 26.8. The Kier molecular flexibility index (Phi) is 5.99. The molecular formula is C38H36N2O4. The molecule has 2 aliphatic rings. The Morgan fingerprint density at radius 2 is 0.886 bits per heavy atom. The molecule has 6 nitrogen and oxygen atoms in total. The molecule has 2 aliphatic heterocycles. The van der Waals surface area contributed by atoms with E-state index in [1.807, 2.05) is 0 Å². The monoisotopic (exact) mass is 584 g/mol. The van der Waals surface area contributed by atoms with Gasteiger partial charge in [0.15, 0.2) is 23.0 Å². The average Bonchev–Trinajstić information content (AvgIpc) is 3.06. The van der Waals surface area contributed by atoms with E-state index < -0.39 is 0 Å². The molecule has 0 aromatic heterocycles. The minimum atomic E-state index is 0.778. The first-order chi connectivity index (χ1) is 21.5. The summed E-state index contributed by atoms with van der Waals surface area (Å²) in [6.07, 6.45) is 1.87. The van der Waals surface area contributed by atoms with Crippen molar-refractivity contribution >= 4 is 54.5 Å². The van der Waals surface area contributed by atoms with Crippen molar-refractivity contribution in [2.24, 2.45) is 0 Å². The molecule has 6 aromatic rings. The second-order valence-corrected chi connectivity index (χ2v) is 11.9. The van der Waals surface area contributed by atoms with Crippen molar-refractivity contribution in [2.75, 3.05) is 65.4 Å². The fourth-order valence-electron chi connectivity index (χ4n) is 7.96. The van der Waals surface area contributed by atoms with Crippen LogP contribution in [0.5, 0.6) is 23.0 Å². The quantitative estimate of drug-likeness (QED) is 0.191. The molecule has 222 valence electrons. The van der Waals surface area contributed by atoms with E-state index in [-0.39, 0.29) is 0 Å². The summed E-state index contributed by atoms with van der Waals surface area (Å²) in [4.78, 5) is 4.88. The van der Waals surface area contributed by atoms with Crippen LogP contribution < -0.4 is 28.7 Å². The molecule has 2 heterocycles. The van der Waals surface area contributed by atoms with Crippen LogP contribution in [0.15, 0.2) is 60.7 Å². The molecule has 0 unspecified atom stereocenters. The third-order valence-corrected chi connectivity index (χ3v) is 9.83. The highest BCUT2D eigenvalue weighted by Crippen LogP contribution is 2.58. The van der Waals surface area contributed by atoms with Crippen LogP contribution in [-0.2, 0) is 12.8 Å². The summed E-state index contributed by atoms with van der Waals surface area (Å²) < 4.78 is 24.0. The van der Waals surface area contributed by atoms with Gasteiger partial charge in [-0.3, -0.25) is 0 Å². The Morgan fingerprint density at radius 3 is 1.25 bits per heavy atom. The van der Waals surface area contributed by atoms with Gasteiger partial charge in [-0.05, 0) is 57.6 Å². The van der Waals surface area contributed by atoms with E-state index in [0.29, 0.717) is 0 Å². The zero-order chi connectivity index (χ0) is 30.3. The molecule has 0 bridgehead atoms. The van der Waals surface area contributed by atoms with Gasteiger partial charge >= 0.3 is 0 Å². The first-order valence-corrected chi connectivity index (χ1v) is 15.2. The molecule has 44 heavy (non-hydrogen) atoms. The van der Waals surface area contributed by atoms with Crippen LogP contribution in [0, 0.1) is 0 Å². The van der Waals surface area contributed by atoms with Crippen LogP contribution in [0.4, 0.5) is 11.4 Å². The van der Waals surface area contributed by atoms with Gasteiger partial charge in [0.25, 0.3) is 0 Å². The predicted octanol–water partition coefficient (Wildman–Crippen LogP) is 7.99. The van der Waals surface area contributed by atoms with Crippen molar-refractivity contribution in [1.29, 1.82) is 0 Å². The Morgan fingerprint density at radius 1 is 0.500 bits per heavy atom. The first-order valence-electron chi connectivity index (χ1n) is 15.2. The lowest BCUT2D eigenvalue weighted by Crippen LogP contribution is -2.27. The molecule has 0 amide bonds. The van der Waals surface area contributed by atoms with Crippen molar-refractivity contribution < 1.29 is 18.9 Å². The summed E-state index contributed by atoms with van der Waals surface area (Å²) in [6, 6.07) is 21.9. The summed E-state index contributed by atoms with van der Waals surface area (Å²) in [5.41, 5.74) is 7.57. The van der Waals surface area contributed by atoms with Gasteiger partial charge in [0.05, 0.1) is 39.8 Å². The minimum absolute atomic E-state index is 0.778. The molecule has 8 rings (SSSR count). The molecule has 0 spiro atoms. The maximum atomic E-state index is 6.10. The van der Waals surface area contributed by atoms with Crippen LogP contribution in [0.25, 0.3) is 54.2 Å². The van der Waals surface area contributed by atoms with Crippen LogP contribution in [0.2, 0.25) is 0 Å². The molecule has 0 saturated heterocycles. The highest BCUT2D eigenvalue weighted by molar-refractivity contribution is 6.31. The maximum absolute atomic E-state index is 6.10. The summed E-state index contributed by atoms with van der Waals surface area (Å²) in [7, 11) is 11.4. The molecule has 0 N–H and O–H groups in total. The van der Waals surface area contributed by atoms with E-state index in [9.17, 15) is 0 Å². The molecule has 0 saturated carbocycles. The van der Waals surface area contributed by atoms with Gasteiger partial charge in [-0.2, -0.15) is 0 Å². The number of nitrogens with zero attached hydrogens (tertiary/aromatic N) is 2. The van der Waals surface area contributed by atoms with Crippen LogP contribution in [0.1, 0.15) is 11.1 Å². The van der Waals surface area contributed by atoms with Crippen molar-refractivity contribution in [3.63, 3.8) is 0 Å². The Labute approximate surface area is 257 Å². The van der Waals surface area contributed by atoms with Gasteiger partial charge in [-0.25, -0.2) is 0 Å². The lowest BCUT2D eigenvalue weighted by Gasteiger charge is -2.36. The van der Waals surface area contributed by atoms with E-state index in [1.165, 1.54) is 55.2 Å². The fourth-order valence-corrected chi connectivity index (χ4v) is 7.96. The van der Waals surface area contributed by atoms with Crippen LogP contribution in [-0.4, -0.2) is 55.6 Å². The van der Waals surface area contributed by atoms with Crippen molar-refractivity contribution in [3.8, 4) is 34.1 Å². The number of fused-ring (bicyclic) bond motifs is 4. The molecule has 0 fully saturated rings. The number of likely N-dealkylation sites (N-methyl/N-ethyl adjacent to an activating group) is 2. The van der Waals surface area contributed by atoms with Crippen LogP contribution in [0.3, 0.4) is 0 Å². The van der Waals surface area contributed by atoms with Crippen molar-refractivity contribution in [1.82, 2.24) is 0 Å². The Bertz CT molecular complexity index is 2020. The van der Waals surface area contributed by atoms with Crippen LogP contribution >= 0.6 is 0 Å². The zero-order valence-electron chi connectivity index (χ0n) is 26.1. The average molecular weight is 585 g/mol. The topological polar surface area (TPSA) is 43.4 Å². The molecular weight excluding hydrogens is 548 g/mol. The standard InChI is InChI=1S/C38H36N2O4/c1-39-17-15-21-19-27(41-3)37(43-5)33-25-13-9-7-11-23(25)31(35(39)29(21)33)32-24-12-8-10-14-26(24)34-30-22(16-18-40(2)36(30)32)20-28(42-4)38(34)44-6/h7-14,19-20H,15-18H2,1-6H3. The predicted molar refractivity (Wildman–Crippen MR) is 182 cm³/mol. The summed E-state index contributed by atoms with van der Waals surface area (Å²) in [6.45, 7) is 1.83. The van der Waals surface area contributed by atoms with E-state index in [1.54, 1.807) is 28.4 Å². The van der Waals surface area contributed by atoms with Gasteiger partial charge in [0.1, 0.15) is 0 Å². The third kappa shape index (κ3) is 3.42. The van der Waals surface area contributed by atoms with E-state index in [0.717, 1.165) is 70.5 Å². The highest BCUT2D eigenvalue weighted by atomic mass is 16.5. The number of anilines is 2. The normalized spacial score (nSPS) is 14.1. The summed E-state index contributed by atoms with van der Waals surface area (Å²) in [5, 5.41) is 9.43. The summed E-state index contributed by atoms with van der Waals surface area (Å²) in [5.74, 6) is 3.12. The lowest BCUT2D eigenvalue weighted by atomic mass is 9.81. The molecule has 6 aromatic carbocycles. The van der Waals surface area contributed by atoms with E-state index in [2.05, 4.69) is 84.6 Å². The number of methoxy groups -OCH3 is 4. The SMILES string of the molecule is COc1cc2c3c(c(-c4c5c6c(cc(OC)c(OC)c6c6ccccc46)CCN5C)c4ccccc4c3c1OC)N(C)CC2. The number of benzene rings is 6. The van der Waals surface area contributed by atoms with Gasteiger partial charge in [0.2, 0.25) is 0 Å². The largest absolute Gasteiger partial charge is 0.493 e. The molecule has 0 atom stereocenters. The molecule has 6 heteroatoms.